The van der Waals surface area contributed by atoms with Crippen molar-refractivity contribution in [1.82, 2.24) is 10.3 Å². The summed E-state index contributed by atoms with van der Waals surface area (Å²) in [6.07, 6.45) is 8.07. The highest BCUT2D eigenvalue weighted by Crippen LogP contribution is 2.21. The summed E-state index contributed by atoms with van der Waals surface area (Å²) in [5.41, 5.74) is 0.706. The zero-order valence-corrected chi connectivity index (χ0v) is 12.3. The van der Waals surface area contributed by atoms with Crippen molar-refractivity contribution in [3.05, 3.63) is 18.3 Å². The molecule has 1 aromatic heterocycles. The molecule has 1 fully saturated rings. The normalized spacial score (nSPS) is 15.9. The van der Waals surface area contributed by atoms with Crippen LogP contribution in [0.25, 0.3) is 0 Å². The van der Waals surface area contributed by atoms with E-state index >= 15 is 0 Å². The first-order valence-corrected chi connectivity index (χ1v) is 7.43. The quantitative estimate of drug-likeness (QED) is 0.790. The van der Waals surface area contributed by atoms with E-state index in [0.29, 0.717) is 11.7 Å². The molecule has 5 nitrogen and oxygen atoms in total. The predicted octanol–water partition coefficient (Wildman–Crippen LogP) is 3.36. The van der Waals surface area contributed by atoms with Crippen LogP contribution < -0.4 is 16.0 Å². The van der Waals surface area contributed by atoms with E-state index in [-0.39, 0.29) is 12.1 Å². The molecular weight excluding hydrogens is 252 g/mol. The lowest BCUT2D eigenvalue weighted by Gasteiger charge is -2.23. The first-order chi connectivity index (χ1) is 9.63. The second-order valence-corrected chi connectivity index (χ2v) is 5.66. The van der Waals surface area contributed by atoms with E-state index in [9.17, 15) is 4.79 Å². The minimum atomic E-state index is -0.199. The molecule has 0 radical (unpaired) electrons. The molecule has 0 spiro atoms. The van der Waals surface area contributed by atoms with Crippen LogP contribution in [-0.2, 0) is 0 Å². The highest BCUT2D eigenvalue weighted by atomic mass is 16.2. The largest absolute Gasteiger partial charge is 0.367 e. The molecule has 0 aromatic carbocycles. The Balaban J connectivity index is 1.84. The average molecular weight is 276 g/mol. The van der Waals surface area contributed by atoms with Gasteiger partial charge < -0.3 is 16.0 Å². The highest BCUT2D eigenvalue weighted by molar-refractivity contribution is 5.89. The summed E-state index contributed by atoms with van der Waals surface area (Å²) in [6.45, 7) is 3.85. The number of anilines is 2. The fourth-order valence-electron chi connectivity index (χ4n) is 2.44. The summed E-state index contributed by atoms with van der Waals surface area (Å²) >= 11 is 0. The number of nitrogens with zero attached hydrogens (tertiary/aromatic N) is 1. The van der Waals surface area contributed by atoms with Gasteiger partial charge in [-0.25, -0.2) is 9.78 Å². The number of carbonyl (C=O) groups is 1. The molecule has 0 saturated heterocycles. The third-order valence-electron chi connectivity index (χ3n) is 3.40. The second kappa shape index (κ2) is 7.12. The van der Waals surface area contributed by atoms with Gasteiger partial charge in [-0.2, -0.15) is 0 Å². The summed E-state index contributed by atoms with van der Waals surface area (Å²) in [6, 6.07) is 4.25. The van der Waals surface area contributed by atoms with E-state index in [0.717, 1.165) is 5.82 Å². The van der Waals surface area contributed by atoms with Gasteiger partial charge in [0.05, 0.1) is 11.9 Å². The number of rotatable bonds is 4. The molecule has 0 unspecified atom stereocenters. The topological polar surface area (TPSA) is 66.1 Å². The minimum absolute atomic E-state index is 0.121. The van der Waals surface area contributed by atoms with E-state index < -0.39 is 0 Å². The predicted molar refractivity (Wildman–Crippen MR) is 82.0 cm³/mol. The fourth-order valence-corrected chi connectivity index (χ4v) is 2.44. The van der Waals surface area contributed by atoms with Crippen molar-refractivity contribution < 1.29 is 4.79 Å². The van der Waals surface area contributed by atoms with E-state index in [1.807, 2.05) is 26.0 Å². The molecule has 20 heavy (non-hydrogen) atoms. The lowest BCUT2D eigenvalue weighted by molar-refractivity contribution is 0.250. The Hall–Kier alpha value is -1.78. The van der Waals surface area contributed by atoms with Gasteiger partial charge in [0.25, 0.3) is 0 Å². The molecule has 0 atom stereocenters. The first-order valence-electron chi connectivity index (χ1n) is 7.43. The lowest BCUT2D eigenvalue weighted by atomic mass is 9.95. The Morgan fingerprint density at radius 3 is 2.60 bits per heavy atom. The lowest BCUT2D eigenvalue weighted by Crippen LogP contribution is -2.34. The van der Waals surface area contributed by atoms with Gasteiger partial charge in [0.15, 0.2) is 0 Å². The summed E-state index contributed by atoms with van der Waals surface area (Å²) in [5.74, 6) is 0.881. The maximum absolute atomic E-state index is 11.6. The molecule has 3 N–H and O–H groups in total. The number of nitrogens with one attached hydrogen (secondary N) is 3. The standard InChI is InChI=1S/C15H24N4O/c1-11(2)17-15(20)19-13-8-9-14(16-10-13)18-12-6-4-3-5-7-12/h8-12H,3-7H2,1-2H3,(H,16,18)(H2,17,19,20). The van der Waals surface area contributed by atoms with Crippen molar-refractivity contribution >= 4 is 17.5 Å². The monoisotopic (exact) mass is 276 g/mol. The Morgan fingerprint density at radius 1 is 1.25 bits per heavy atom. The minimum Gasteiger partial charge on any atom is -0.367 e. The van der Waals surface area contributed by atoms with Gasteiger partial charge >= 0.3 is 6.03 Å². The van der Waals surface area contributed by atoms with Crippen LogP contribution in [0.3, 0.4) is 0 Å². The van der Waals surface area contributed by atoms with Crippen molar-refractivity contribution in [1.29, 1.82) is 0 Å². The SMILES string of the molecule is CC(C)NC(=O)Nc1ccc(NC2CCCCC2)nc1. The molecular formula is C15H24N4O. The number of carbonyl (C=O) groups excluding carboxylic acids is 1. The van der Waals surface area contributed by atoms with Crippen molar-refractivity contribution in [2.24, 2.45) is 0 Å². The van der Waals surface area contributed by atoms with E-state index in [2.05, 4.69) is 20.9 Å². The Morgan fingerprint density at radius 2 is 2.00 bits per heavy atom. The number of amides is 2. The third-order valence-corrected chi connectivity index (χ3v) is 3.40. The zero-order valence-electron chi connectivity index (χ0n) is 12.3. The maximum atomic E-state index is 11.6. The van der Waals surface area contributed by atoms with Gasteiger partial charge in [0, 0.05) is 12.1 Å². The van der Waals surface area contributed by atoms with E-state index in [1.165, 1.54) is 32.1 Å². The fraction of sp³-hybridized carbons (Fsp3) is 0.600. The molecule has 5 heteroatoms. The second-order valence-electron chi connectivity index (χ2n) is 5.66. The molecule has 0 aliphatic heterocycles. The molecule has 1 aliphatic rings. The van der Waals surface area contributed by atoms with Crippen LogP contribution in [0, 0.1) is 0 Å². The Kier molecular flexibility index (Phi) is 5.21. The van der Waals surface area contributed by atoms with Gasteiger partial charge in [-0.1, -0.05) is 19.3 Å². The van der Waals surface area contributed by atoms with Gasteiger partial charge in [0.1, 0.15) is 5.82 Å². The zero-order chi connectivity index (χ0) is 14.4. The Labute approximate surface area is 120 Å². The summed E-state index contributed by atoms with van der Waals surface area (Å²) in [5, 5.41) is 9.00. The Bertz CT molecular complexity index is 424. The van der Waals surface area contributed by atoms with Crippen molar-refractivity contribution in [3.8, 4) is 0 Å². The molecule has 2 amide bonds. The smallest absolute Gasteiger partial charge is 0.319 e. The van der Waals surface area contributed by atoms with E-state index in [4.69, 9.17) is 0 Å². The van der Waals surface area contributed by atoms with Gasteiger partial charge in [0.2, 0.25) is 0 Å². The van der Waals surface area contributed by atoms with Gasteiger partial charge in [-0.05, 0) is 38.8 Å². The molecule has 1 aromatic rings. The summed E-state index contributed by atoms with van der Waals surface area (Å²) in [4.78, 5) is 15.9. The van der Waals surface area contributed by atoms with Crippen LogP contribution in [0.15, 0.2) is 18.3 Å². The van der Waals surface area contributed by atoms with Crippen molar-refractivity contribution in [2.75, 3.05) is 10.6 Å². The van der Waals surface area contributed by atoms with Crippen LogP contribution in [0.2, 0.25) is 0 Å². The van der Waals surface area contributed by atoms with Crippen LogP contribution >= 0.6 is 0 Å². The molecule has 2 rings (SSSR count). The number of urea groups is 1. The van der Waals surface area contributed by atoms with Gasteiger partial charge in [-0.3, -0.25) is 0 Å². The number of pyridine rings is 1. The molecule has 1 heterocycles. The average Bonchev–Trinajstić information content (AvgIpc) is 2.41. The summed E-state index contributed by atoms with van der Waals surface area (Å²) < 4.78 is 0. The molecule has 0 bridgehead atoms. The van der Waals surface area contributed by atoms with E-state index in [1.54, 1.807) is 6.20 Å². The van der Waals surface area contributed by atoms with Crippen molar-refractivity contribution in [2.45, 2.75) is 58.0 Å². The third kappa shape index (κ3) is 4.72. The van der Waals surface area contributed by atoms with Crippen LogP contribution in [0.5, 0.6) is 0 Å². The maximum Gasteiger partial charge on any atom is 0.319 e. The first kappa shape index (κ1) is 14.6. The van der Waals surface area contributed by atoms with Crippen LogP contribution in [0.1, 0.15) is 46.0 Å². The molecule has 1 aliphatic carbocycles. The van der Waals surface area contributed by atoms with Crippen LogP contribution in [0.4, 0.5) is 16.3 Å². The summed E-state index contributed by atoms with van der Waals surface area (Å²) in [7, 11) is 0. The van der Waals surface area contributed by atoms with Gasteiger partial charge in [-0.15, -0.1) is 0 Å². The van der Waals surface area contributed by atoms with Crippen LogP contribution in [-0.4, -0.2) is 23.1 Å². The molecule has 110 valence electrons. The number of hydrogen-bond acceptors (Lipinski definition) is 3. The number of aromatic nitrogens is 1. The number of hydrogen-bond donors (Lipinski definition) is 3. The highest BCUT2D eigenvalue weighted by Gasteiger charge is 2.13. The van der Waals surface area contributed by atoms with Crippen molar-refractivity contribution in [3.63, 3.8) is 0 Å². The molecule has 1 saturated carbocycles.